The number of hydrogen-bond acceptors (Lipinski definition) is 1. The fourth-order valence-corrected chi connectivity index (χ4v) is 1.55. The largest absolute Gasteiger partial charge is 0.497 e. The van der Waals surface area contributed by atoms with Gasteiger partial charge < -0.3 is 4.74 Å². The van der Waals surface area contributed by atoms with Crippen LogP contribution < -0.4 is 4.74 Å². The summed E-state index contributed by atoms with van der Waals surface area (Å²) in [5, 5.41) is 0. The summed E-state index contributed by atoms with van der Waals surface area (Å²) in [4.78, 5) is 0. The average molecular weight is 246 g/mol. The van der Waals surface area contributed by atoms with Crippen molar-refractivity contribution < 1.29 is 13.5 Å². The van der Waals surface area contributed by atoms with Gasteiger partial charge in [0.15, 0.2) is 11.6 Å². The van der Waals surface area contributed by atoms with E-state index in [4.69, 9.17) is 4.74 Å². The summed E-state index contributed by atoms with van der Waals surface area (Å²) in [7, 11) is 1.59. The Bertz CT molecular complexity index is 559. The molecule has 0 radical (unpaired) electrons. The summed E-state index contributed by atoms with van der Waals surface area (Å²) in [5.74, 6) is -0.918. The van der Waals surface area contributed by atoms with E-state index in [-0.39, 0.29) is 5.56 Å². The first-order valence-corrected chi connectivity index (χ1v) is 5.47. The number of benzene rings is 2. The molecule has 0 bridgehead atoms. The van der Waals surface area contributed by atoms with Gasteiger partial charge in [0, 0.05) is 5.56 Å². The zero-order valence-electron chi connectivity index (χ0n) is 9.86. The van der Waals surface area contributed by atoms with Crippen molar-refractivity contribution in [2.45, 2.75) is 0 Å². The first-order valence-electron chi connectivity index (χ1n) is 5.47. The van der Waals surface area contributed by atoms with E-state index in [0.717, 1.165) is 17.4 Å². The quantitative estimate of drug-likeness (QED) is 0.739. The average Bonchev–Trinajstić information content (AvgIpc) is 2.41. The van der Waals surface area contributed by atoms with Crippen LogP contribution in [-0.4, -0.2) is 7.11 Å². The molecule has 0 fully saturated rings. The third-order valence-electron chi connectivity index (χ3n) is 2.55. The summed E-state index contributed by atoms with van der Waals surface area (Å²) in [6.45, 7) is 0. The van der Waals surface area contributed by atoms with E-state index in [1.807, 2.05) is 24.3 Å². The van der Waals surface area contributed by atoms with Crippen molar-refractivity contribution in [3.05, 3.63) is 65.2 Å². The highest BCUT2D eigenvalue weighted by Gasteiger charge is 2.03. The molecule has 18 heavy (non-hydrogen) atoms. The second kappa shape index (κ2) is 5.45. The molecule has 2 rings (SSSR count). The molecule has 0 saturated heterocycles. The van der Waals surface area contributed by atoms with Crippen LogP contribution in [0.25, 0.3) is 12.2 Å². The number of rotatable bonds is 3. The molecule has 2 aromatic carbocycles. The maximum atomic E-state index is 13.4. The summed E-state index contributed by atoms with van der Waals surface area (Å²) >= 11 is 0. The SMILES string of the molecule is COc1ccc(C=Cc2cccc(F)c2F)cc1. The van der Waals surface area contributed by atoms with Gasteiger partial charge in [-0.05, 0) is 23.8 Å². The minimum absolute atomic E-state index is 0.228. The van der Waals surface area contributed by atoms with E-state index in [0.29, 0.717) is 0 Å². The Balaban J connectivity index is 2.21. The van der Waals surface area contributed by atoms with E-state index in [1.54, 1.807) is 19.3 Å². The third-order valence-corrected chi connectivity index (χ3v) is 2.55. The van der Waals surface area contributed by atoms with Crippen LogP contribution in [0.3, 0.4) is 0 Å². The van der Waals surface area contributed by atoms with Crippen molar-refractivity contribution in [2.24, 2.45) is 0 Å². The van der Waals surface area contributed by atoms with E-state index >= 15 is 0 Å². The van der Waals surface area contributed by atoms with Gasteiger partial charge in [-0.1, -0.05) is 36.4 Å². The zero-order chi connectivity index (χ0) is 13.0. The molecule has 0 aromatic heterocycles. The van der Waals surface area contributed by atoms with Crippen LogP contribution in [0, 0.1) is 11.6 Å². The first-order chi connectivity index (χ1) is 8.70. The first kappa shape index (κ1) is 12.3. The lowest BCUT2D eigenvalue weighted by Gasteiger charge is -2.00. The predicted octanol–water partition coefficient (Wildman–Crippen LogP) is 4.14. The smallest absolute Gasteiger partial charge is 0.166 e. The van der Waals surface area contributed by atoms with Gasteiger partial charge in [-0.25, -0.2) is 8.78 Å². The number of methoxy groups -OCH3 is 1. The monoisotopic (exact) mass is 246 g/mol. The Morgan fingerprint density at radius 1 is 0.944 bits per heavy atom. The fourth-order valence-electron chi connectivity index (χ4n) is 1.55. The van der Waals surface area contributed by atoms with Gasteiger partial charge in [0.05, 0.1) is 7.11 Å². The molecule has 0 atom stereocenters. The van der Waals surface area contributed by atoms with Crippen molar-refractivity contribution in [1.82, 2.24) is 0 Å². The molecule has 0 unspecified atom stereocenters. The molecular formula is C15H12F2O. The lowest BCUT2D eigenvalue weighted by atomic mass is 10.1. The van der Waals surface area contributed by atoms with Crippen LogP contribution in [-0.2, 0) is 0 Å². The van der Waals surface area contributed by atoms with E-state index in [1.165, 1.54) is 12.1 Å². The molecule has 0 aliphatic carbocycles. The van der Waals surface area contributed by atoms with Gasteiger partial charge in [0.25, 0.3) is 0 Å². The molecule has 2 aromatic rings. The minimum Gasteiger partial charge on any atom is -0.497 e. The molecule has 3 heteroatoms. The predicted molar refractivity (Wildman–Crippen MR) is 68.3 cm³/mol. The number of ether oxygens (including phenoxy) is 1. The summed E-state index contributed by atoms with van der Waals surface area (Å²) in [5.41, 5.74) is 1.12. The standard InChI is InChI=1S/C15H12F2O/c1-18-13-9-6-11(7-10-13)5-8-12-3-2-4-14(16)15(12)17/h2-10H,1H3. The Hall–Kier alpha value is -2.16. The molecule has 0 saturated carbocycles. The number of halogens is 2. The molecule has 92 valence electrons. The fraction of sp³-hybridized carbons (Fsp3) is 0.0667. The lowest BCUT2D eigenvalue weighted by molar-refractivity contribution is 0.415. The van der Waals surface area contributed by atoms with E-state index < -0.39 is 11.6 Å². The van der Waals surface area contributed by atoms with Crippen molar-refractivity contribution in [1.29, 1.82) is 0 Å². The van der Waals surface area contributed by atoms with Crippen LogP contribution in [0.2, 0.25) is 0 Å². The Morgan fingerprint density at radius 2 is 1.67 bits per heavy atom. The van der Waals surface area contributed by atoms with Crippen molar-refractivity contribution in [2.75, 3.05) is 7.11 Å². The Labute approximate surface area is 104 Å². The normalized spacial score (nSPS) is 10.8. The molecule has 0 aliphatic heterocycles. The van der Waals surface area contributed by atoms with Crippen LogP contribution in [0.15, 0.2) is 42.5 Å². The summed E-state index contributed by atoms with van der Waals surface area (Å²) in [6, 6.07) is 11.4. The minimum atomic E-state index is -0.841. The Kier molecular flexibility index (Phi) is 3.72. The molecule has 1 nitrogen and oxygen atoms in total. The Morgan fingerprint density at radius 3 is 2.33 bits per heavy atom. The molecule has 0 heterocycles. The lowest BCUT2D eigenvalue weighted by Crippen LogP contribution is -1.87. The molecule has 0 amide bonds. The van der Waals surface area contributed by atoms with Gasteiger partial charge in [0.1, 0.15) is 5.75 Å². The van der Waals surface area contributed by atoms with E-state index in [2.05, 4.69) is 0 Å². The molecule has 0 N–H and O–H groups in total. The van der Waals surface area contributed by atoms with Gasteiger partial charge in [-0.3, -0.25) is 0 Å². The van der Waals surface area contributed by atoms with Crippen LogP contribution in [0.1, 0.15) is 11.1 Å². The second-order valence-corrected chi connectivity index (χ2v) is 3.75. The van der Waals surface area contributed by atoms with Crippen molar-refractivity contribution in [3.8, 4) is 5.75 Å². The van der Waals surface area contributed by atoms with Crippen LogP contribution in [0.4, 0.5) is 8.78 Å². The van der Waals surface area contributed by atoms with Gasteiger partial charge >= 0.3 is 0 Å². The topological polar surface area (TPSA) is 9.23 Å². The highest BCUT2D eigenvalue weighted by molar-refractivity contribution is 5.70. The number of hydrogen-bond donors (Lipinski definition) is 0. The maximum Gasteiger partial charge on any atom is 0.166 e. The highest BCUT2D eigenvalue weighted by Crippen LogP contribution is 2.16. The molecule has 0 spiro atoms. The van der Waals surface area contributed by atoms with Gasteiger partial charge in [-0.2, -0.15) is 0 Å². The highest BCUT2D eigenvalue weighted by atomic mass is 19.2. The molecular weight excluding hydrogens is 234 g/mol. The van der Waals surface area contributed by atoms with Crippen molar-refractivity contribution >= 4 is 12.2 Å². The van der Waals surface area contributed by atoms with Crippen molar-refractivity contribution in [3.63, 3.8) is 0 Å². The van der Waals surface area contributed by atoms with E-state index in [9.17, 15) is 8.78 Å². The summed E-state index contributed by atoms with van der Waals surface area (Å²) in [6.07, 6.45) is 3.26. The zero-order valence-corrected chi connectivity index (χ0v) is 9.86. The van der Waals surface area contributed by atoms with Crippen LogP contribution >= 0.6 is 0 Å². The third kappa shape index (κ3) is 2.74. The van der Waals surface area contributed by atoms with Crippen LogP contribution in [0.5, 0.6) is 5.75 Å². The van der Waals surface area contributed by atoms with Gasteiger partial charge in [-0.15, -0.1) is 0 Å². The second-order valence-electron chi connectivity index (χ2n) is 3.75. The maximum absolute atomic E-state index is 13.4. The summed E-state index contributed by atoms with van der Waals surface area (Å²) < 4.78 is 31.4. The van der Waals surface area contributed by atoms with Gasteiger partial charge in [0.2, 0.25) is 0 Å². The molecule has 0 aliphatic rings.